The van der Waals surface area contributed by atoms with Crippen LogP contribution in [0.1, 0.15) is 12.5 Å². The molecule has 3 nitrogen and oxygen atoms in total. The number of carbonyl (C=O) groups excluding carboxylic acids is 2. The largest absolute Gasteiger partial charge is 0.459 e. The van der Waals surface area contributed by atoms with Gasteiger partial charge >= 0.3 is 5.97 Å². The highest BCUT2D eigenvalue weighted by Crippen LogP contribution is 2.09. The van der Waals surface area contributed by atoms with Crippen molar-refractivity contribution < 1.29 is 14.3 Å². The zero-order valence-electron chi connectivity index (χ0n) is 7.53. The first kappa shape index (κ1) is 11.2. The third-order valence-electron chi connectivity index (χ3n) is 1.53. The molecule has 1 rings (SSSR count). The van der Waals surface area contributed by atoms with E-state index in [0.717, 1.165) is 5.56 Å². The molecule has 0 aromatic carbocycles. The summed E-state index contributed by atoms with van der Waals surface area (Å²) in [7, 11) is 0. The SMILES string of the molecule is CC(=O)C(Cl)C(=O)OCc1ccsc1. The van der Waals surface area contributed by atoms with Crippen LogP contribution in [0.3, 0.4) is 0 Å². The van der Waals surface area contributed by atoms with Crippen LogP contribution in [-0.4, -0.2) is 17.1 Å². The van der Waals surface area contributed by atoms with E-state index >= 15 is 0 Å². The third kappa shape index (κ3) is 3.12. The number of carbonyl (C=O) groups is 2. The molecular formula is C9H9ClO3S. The molecule has 1 aromatic heterocycles. The number of hydrogen-bond acceptors (Lipinski definition) is 4. The van der Waals surface area contributed by atoms with E-state index < -0.39 is 17.1 Å². The van der Waals surface area contributed by atoms with Crippen molar-refractivity contribution in [2.75, 3.05) is 0 Å². The Labute approximate surface area is 90.6 Å². The van der Waals surface area contributed by atoms with E-state index in [1.807, 2.05) is 16.8 Å². The Morgan fingerprint density at radius 3 is 2.86 bits per heavy atom. The fourth-order valence-electron chi connectivity index (χ4n) is 0.768. The molecule has 0 amide bonds. The van der Waals surface area contributed by atoms with Crippen molar-refractivity contribution in [2.24, 2.45) is 0 Å². The van der Waals surface area contributed by atoms with Crippen LogP contribution in [-0.2, 0) is 20.9 Å². The second kappa shape index (κ2) is 5.12. The van der Waals surface area contributed by atoms with Crippen molar-refractivity contribution in [3.63, 3.8) is 0 Å². The van der Waals surface area contributed by atoms with Gasteiger partial charge in [0, 0.05) is 5.56 Å². The van der Waals surface area contributed by atoms with E-state index in [1.54, 1.807) is 0 Å². The van der Waals surface area contributed by atoms with Gasteiger partial charge in [-0.3, -0.25) is 4.79 Å². The summed E-state index contributed by atoms with van der Waals surface area (Å²) in [6.07, 6.45) is 0. The first-order valence-electron chi connectivity index (χ1n) is 3.93. The van der Waals surface area contributed by atoms with E-state index in [9.17, 15) is 9.59 Å². The number of ketones is 1. The van der Waals surface area contributed by atoms with E-state index in [-0.39, 0.29) is 6.61 Å². The molecule has 0 aliphatic carbocycles. The van der Waals surface area contributed by atoms with Gasteiger partial charge in [-0.25, -0.2) is 4.79 Å². The predicted octanol–water partition coefficient (Wildman–Crippen LogP) is 1.99. The Hall–Kier alpha value is -0.870. The number of alkyl halides is 1. The Bertz CT molecular complexity index is 321. The molecule has 5 heteroatoms. The summed E-state index contributed by atoms with van der Waals surface area (Å²) >= 11 is 7.00. The zero-order valence-corrected chi connectivity index (χ0v) is 9.10. The molecule has 76 valence electrons. The Morgan fingerprint density at radius 2 is 2.36 bits per heavy atom. The molecule has 1 unspecified atom stereocenters. The number of ether oxygens (including phenoxy) is 1. The van der Waals surface area contributed by atoms with Gasteiger partial charge in [-0.05, 0) is 23.8 Å². The molecule has 0 aliphatic heterocycles. The van der Waals surface area contributed by atoms with E-state index in [2.05, 4.69) is 0 Å². The predicted molar refractivity (Wildman–Crippen MR) is 54.4 cm³/mol. The van der Waals surface area contributed by atoms with Crippen molar-refractivity contribution in [1.82, 2.24) is 0 Å². The van der Waals surface area contributed by atoms with Gasteiger partial charge in [0.25, 0.3) is 0 Å². The summed E-state index contributed by atoms with van der Waals surface area (Å²) in [6, 6.07) is 1.84. The summed E-state index contributed by atoms with van der Waals surface area (Å²) in [5, 5.41) is 2.56. The Kier molecular flexibility index (Phi) is 4.10. The van der Waals surface area contributed by atoms with Crippen LogP contribution in [0.15, 0.2) is 16.8 Å². The number of hydrogen-bond donors (Lipinski definition) is 0. The average Bonchev–Trinajstić information content (AvgIpc) is 2.65. The van der Waals surface area contributed by atoms with Crippen molar-refractivity contribution in [2.45, 2.75) is 18.9 Å². The molecule has 0 radical (unpaired) electrons. The normalized spacial score (nSPS) is 12.1. The van der Waals surface area contributed by atoms with Gasteiger partial charge in [0.15, 0.2) is 11.2 Å². The van der Waals surface area contributed by atoms with Crippen LogP contribution in [0.25, 0.3) is 0 Å². The molecule has 1 heterocycles. The minimum Gasteiger partial charge on any atom is -0.459 e. The number of rotatable bonds is 4. The monoisotopic (exact) mass is 232 g/mol. The van der Waals surface area contributed by atoms with Crippen LogP contribution in [0.4, 0.5) is 0 Å². The quantitative estimate of drug-likeness (QED) is 0.453. The topological polar surface area (TPSA) is 43.4 Å². The zero-order chi connectivity index (χ0) is 10.6. The van der Waals surface area contributed by atoms with Crippen molar-refractivity contribution in [3.05, 3.63) is 22.4 Å². The first-order valence-corrected chi connectivity index (χ1v) is 5.31. The van der Waals surface area contributed by atoms with Crippen molar-refractivity contribution >= 4 is 34.7 Å². The highest BCUT2D eigenvalue weighted by Gasteiger charge is 2.21. The highest BCUT2D eigenvalue weighted by molar-refractivity contribution is 7.07. The summed E-state index contributed by atoms with van der Waals surface area (Å²) in [6.45, 7) is 1.42. The number of halogens is 1. The summed E-state index contributed by atoms with van der Waals surface area (Å²) in [5.41, 5.74) is 0.899. The lowest BCUT2D eigenvalue weighted by atomic mass is 10.3. The maximum Gasteiger partial charge on any atom is 0.332 e. The summed E-state index contributed by atoms with van der Waals surface area (Å²) in [4.78, 5) is 21.8. The first-order chi connectivity index (χ1) is 6.61. The van der Waals surface area contributed by atoms with E-state index in [1.165, 1.54) is 18.3 Å². The molecule has 1 atom stereocenters. The molecule has 14 heavy (non-hydrogen) atoms. The van der Waals surface area contributed by atoms with Crippen molar-refractivity contribution in [3.8, 4) is 0 Å². The van der Waals surface area contributed by atoms with Gasteiger partial charge in [-0.2, -0.15) is 11.3 Å². The van der Waals surface area contributed by atoms with Crippen LogP contribution < -0.4 is 0 Å². The minimum atomic E-state index is -1.19. The second-order valence-corrected chi connectivity index (χ2v) is 3.93. The van der Waals surface area contributed by atoms with E-state index in [4.69, 9.17) is 16.3 Å². The van der Waals surface area contributed by atoms with Gasteiger partial charge in [0.2, 0.25) is 0 Å². The maximum atomic E-state index is 11.1. The standard InChI is InChI=1S/C9H9ClO3S/c1-6(11)8(10)9(12)13-4-7-2-3-14-5-7/h2-3,5,8H,4H2,1H3. The Morgan fingerprint density at radius 1 is 1.64 bits per heavy atom. The molecule has 0 bridgehead atoms. The fraction of sp³-hybridized carbons (Fsp3) is 0.333. The third-order valence-corrected chi connectivity index (χ3v) is 2.74. The lowest BCUT2D eigenvalue weighted by molar-refractivity contribution is -0.146. The minimum absolute atomic E-state index is 0.166. The van der Waals surface area contributed by atoms with Gasteiger partial charge < -0.3 is 4.74 Å². The summed E-state index contributed by atoms with van der Waals surface area (Å²) < 4.78 is 4.82. The molecule has 0 aliphatic rings. The van der Waals surface area contributed by atoms with Crippen LogP contribution in [0.2, 0.25) is 0 Å². The smallest absolute Gasteiger partial charge is 0.332 e. The van der Waals surface area contributed by atoms with Crippen LogP contribution in [0.5, 0.6) is 0 Å². The molecule has 0 saturated heterocycles. The highest BCUT2D eigenvalue weighted by atomic mass is 35.5. The molecule has 0 saturated carbocycles. The maximum absolute atomic E-state index is 11.1. The molecule has 0 fully saturated rings. The number of esters is 1. The van der Waals surface area contributed by atoms with Gasteiger partial charge in [0.1, 0.15) is 6.61 Å². The van der Waals surface area contributed by atoms with Crippen LogP contribution in [0, 0.1) is 0 Å². The molecule has 1 aromatic rings. The molecule has 0 spiro atoms. The van der Waals surface area contributed by atoms with E-state index in [0.29, 0.717) is 0 Å². The van der Waals surface area contributed by atoms with Crippen LogP contribution >= 0.6 is 22.9 Å². The average molecular weight is 233 g/mol. The molecular weight excluding hydrogens is 224 g/mol. The lowest BCUT2D eigenvalue weighted by Crippen LogP contribution is -2.24. The summed E-state index contributed by atoms with van der Waals surface area (Å²) in [5.74, 6) is -1.09. The van der Waals surface area contributed by atoms with Gasteiger partial charge in [0.05, 0.1) is 0 Å². The fourth-order valence-corrected chi connectivity index (χ4v) is 1.48. The lowest BCUT2D eigenvalue weighted by Gasteiger charge is -2.05. The number of Topliss-reactive ketones (excluding diaryl/α,β-unsaturated/α-hetero) is 1. The van der Waals surface area contributed by atoms with Gasteiger partial charge in [-0.1, -0.05) is 0 Å². The van der Waals surface area contributed by atoms with Crippen molar-refractivity contribution in [1.29, 1.82) is 0 Å². The van der Waals surface area contributed by atoms with Gasteiger partial charge in [-0.15, -0.1) is 11.6 Å². The molecule has 0 N–H and O–H groups in total. The number of thiophene rings is 1. The second-order valence-electron chi connectivity index (χ2n) is 2.71. The Balaban J connectivity index is 2.39.